The van der Waals surface area contributed by atoms with Crippen molar-refractivity contribution in [3.63, 3.8) is 0 Å². The minimum absolute atomic E-state index is 0.0785. The third-order valence-corrected chi connectivity index (χ3v) is 3.21. The van der Waals surface area contributed by atoms with Crippen LogP contribution in [0.15, 0.2) is 12.4 Å². The third kappa shape index (κ3) is 2.89. The van der Waals surface area contributed by atoms with E-state index in [0.717, 1.165) is 6.54 Å². The zero-order valence-electron chi connectivity index (χ0n) is 9.85. The standard InChI is InChI=1S/C11H16N4O2/c1-2-3-11(4-5-11)8-14-10-12-6-9(7-13-10)15(16)17/h6-7H,2-5,8H2,1H3,(H,12,13,14). The van der Waals surface area contributed by atoms with Gasteiger partial charge in [-0.25, -0.2) is 9.97 Å². The Morgan fingerprint density at radius 3 is 2.59 bits per heavy atom. The molecule has 1 fully saturated rings. The molecule has 1 N–H and O–H groups in total. The Balaban J connectivity index is 1.89. The summed E-state index contributed by atoms with van der Waals surface area (Å²) in [5.41, 5.74) is 0.338. The normalized spacial score (nSPS) is 16.5. The summed E-state index contributed by atoms with van der Waals surface area (Å²) in [6, 6.07) is 0. The van der Waals surface area contributed by atoms with Crippen LogP contribution in [-0.4, -0.2) is 21.4 Å². The molecule has 6 nitrogen and oxygen atoms in total. The van der Waals surface area contributed by atoms with Crippen LogP contribution in [0, 0.1) is 15.5 Å². The number of rotatable bonds is 6. The van der Waals surface area contributed by atoms with E-state index in [0.29, 0.717) is 11.4 Å². The Morgan fingerprint density at radius 1 is 1.47 bits per heavy atom. The van der Waals surface area contributed by atoms with E-state index in [1.54, 1.807) is 0 Å². The molecule has 0 unspecified atom stereocenters. The lowest BCUT2D eigenvalue weighted by atomic mass is 10.0. The van der Waals surface area contributed by atoms with Crippen molar-refractivity contribution in [1.29, 1.82) is 0 Å². The summed E-state index contributed by atoms with van der Waals surface area (Å²) in [6.45, 7) is 3.04. The first kappa shape index (κ1) is 11.8. The zero-order chi connectivity index (χ0) is 12.3. The second kappa shape index (κ2) is 4.65. The van der Waals surface area contributed by atoms with Crippen LogP contribution in [0.2, 0.25) is 0 Å². The Bertz CT molecular complexity index is 400. The quantitative estimate of drug-likeness (QED) is 0.605. The molecule has 1 saturated carbocycles. The van der Waals surface area contributed by atoms with Gasteiger partial charge in [-0.05, 0) is 24.7 Å². The van der Waals surface area contributed by atoms with Crippen molar-refractivity contribution in [2.45, 2.75) is 32.6 Å². The van der Waals surface area contributed by atoms with Crippen LogP contribution in [0.3, 0.4) is 0 Å². The van der Waals surface area contributed by atoms with Gasteiger partial charge in [-0.3, -0.25) is 10.1 Å². The average molecular weight is 236 g/mol. The molecular formula is C11H16N4O2. The molecule has 0 atom stereocenters. The second-order valence-electron chi connectivity index (χ2n) is 4.63. The SMILES string of the molecule is CCCC1(CNc2ncc([N+](=O)[O-])cn2)CC1. The van der Waals surface area contributed by atoms with Crippen LogP contribution < -0.4 is 5.32 Å². The highest BCUT2D eigenvalue weighted by Crippen LogP contribution is 2.49. The Labute approximate surface area is 99.6 Å². The first-order valence-electron chi connectivity index (χ1n) is 5.85. The van der Waals surface area contributed by atoms with Crippen LogP contribution in [0.4, 0.5) is 11.6 Å². The summed E-state index contributed by atoms with van der Waals surface area (Å²) in [7, 11) is 0. The van der Waals surface area contributed by atoms with E-state index in [1.807, 2.05) is 0 Å². The first-order valence-corrected chi connectivity index (χ1v) is 5.85. The topological polar surface area (TPSA) is 81.0 Å². The number of hydrogen-bond donors (Lipinski definition) is 1. The van der Waals surface area contributed by atoms with E-state index >= 15 is 0 Å². The van der Waals surface area contributed by atoms with E-state index in [-0.39, 0.29) is 5.69 Å². The van der Waals surface area contributed by atoms with Gasteiger partial charge >= 0.3 is 5.69 Å². The van der Waals surface area contributed by atoms with Crippen molar-refractivity contribution in [3.05, 3.63) is 22.5 Å². The van der Waals surface area contributed by atoms with Gasteiger partial charge in [-0.15, -0.1) is 0 Å². The number of nitrogens with one attached hydrogen (secondary N) is 1. The average Bonchev–Trinajstić information content (AvgIpc) is 3.08. The molecule has 2 rings (SSSR count). The number of hydrogen-bond acceptors (Lipinski definition) is 5. The molecule has 0 spiro atoms. The van der Waals surface area contributed by atoms with E-state index in [9.17, 15) is 10.1 Å². The monoisotopic (exact) mass is 236 g/mol. The molecule has 1 aromatic rings. The van der Waals surface area contributed by atoms with Crippen LogP contribution in [0.5, 0.6) is 0 Å². The van der Waals surface area contributed by atoms with E-state index in [4.69, 9.17) is 0 Å². The fourth-order valence-electron chi connectivity index (χ4n) is 2.00. The summed E-state index contributed by atoms with van der Waals surface area (Å²) in [6.07, 6.45) is 7.36. The predicted octanol–water partition coefficient (Wildman–Crippen LogP) is 2.38. The largest absolute Gasteiger partial charge is 0.354 e. The Kier molecular flexibility index (Phi) is 3.21. The van der Waals surface area contributed by atoms with Crippen molar-refractivity contribution < 1.29 is 4.92 Å². The molecule has 1 heterocycles. The zero-order valence-corrected chi connectivity index (χ0v) is 9.85. The van der Waals surface area contributed by atoms with Gasteiger partial charge in [0, 0.05) is 6.54 Å². The summed E-state index contributed by atoms with van der Waals surface area (Å²) in [5.74, 6) is 0.470. The molecule has 17 heavy (non-hydrogen) atoms. The third-order valence-electron chi connectivity index (χ3n) is 3.21. The molecule has 0 bridgehead atoms. The molecule has 1 aliphatic carbocycles. The lowest BCUT2D eigenvalue weighted by molar-refractivity contribution is -0.385. The van der Waals surface area contributed by atoms with Crippen molar-refractivity contribution in [3.8, 4) is 0 Å². The van der Waals surface area contributed by atoms with Gasteiger partial charge in [-0.1, -0.05) is 13.3 Å². The molecule has 0 aliphatic heterocycles. The van der Waals surface area contributed by atoms with Gasteiger partial charge < -0.3 is 5.32 Å². The van der Waals surface area contributed by atoms with Gasteiger partial charge in [0.1, 0.15) is 12.4 Å². The highest BCUT2D eigenvalue weighted by atomic mass is 16.6. The lowest BCUT2D eigenvalue weighted by Gasteiger charge is -2.14. The fourth-order valence-corrected chi connectivity index (χ4v) is 2.00. The van der Waals surface area contributed by atoms with Crippen molar-refractivity contribution in [2.75, 3.05) is 11.9 Å². The Morgan fingerprint density at radius 2 is 2.12 bits per heavy atom. The van der Waals surface area contributed by atoms with E-state index < -0.39 is 4.92 Å². The first-order chi connectivity index (χ1) is 8.15. The summed E-state index contributed by atoms with van der Waals surface area (Å²) in [4.78, 5) is 17.8. The van der Waals surface area contributed by atoms with Crippen LogP contribution >= 0.6 is 0 Å². The second-order valence-corrected chi connectivity index (χ2v) is 4.63. The lowest BCUT2D eigenvalue weighted by Crippen LogP contribution is -2.16. The van der Waals surface area contributed by atoms with Crippen LogP contribution in [-0.2, 0) is 0 Å². The molecule has 92 valence electrons. The maximum absolute atomic E-state index is 10.4. The number of aromatic nitrogens is 2. The minimum atomic E-state index is -0.497. The van der Waals surface area contributed by atoms with Crippen molar-refractivity contribution in [2.24, 2.45) is 5.41 Å². The van der Waals surface area contributed by atoms with Gasteiger partial charge in [0.05, 0.1) is 4.92 Å². The van der Waals surface area contributed by atoms with Crippen LogP contribution in [0.25, 0.3) is 0 Å². The summed E-state index contributed by atoms with van der Waals surface area (Å²) in [5, 5.41) is 13.6. The molecule has 0 radical (unpaired) electrons. The smallest absolute Gasteiger partial charge is 0.305 e. The number of nitrogens with zero attached hydrogens (tertiary/aromatic N) is 3. The predicted molar refractivity (Wildman–Crippen MR) is 63.8 cm³/mol. The highest BCUT2D eigenvalue weighted by Gasteiger charge is 2.41. The maximum Gasteiger partial charge on any atom is 0.305 e. The molecule has 0 saturated heterocycles. The van der Waals surface area contributed by atoms with E-state index in [1.165, 1.54) is 38.1 Å². The molecule has 1 aliphatic rings. The number of nitro groups is 1. The summed E-state index contributed by atoms with van der Waals surface area (Å²) < 4.78 is 0. The van der Waals surface area contributed by atoms with Gasteiger partial charge in [-0.2, -0.15) is 0 Å². The molecule has 0 amide bonds. The van der Waals surface area contributed by atoms with Gasteiger partial charge in [0.25, 0.3) is 0 Å². The number of anilines is 1. The molecule has 6 heteroatoms. The van der Waals surface area contributed by atoms with Crippen molar-refractivity contribution >= 4 is 11.6 Å². The molecular weight excluding hydrogens is 220 g/mol. The van der Waals surface area contributed by atoms with Crippen molar-refractivity contribution in [1.82, 2.24) is 9.97 Å². The van der Waals surface area contributed by atoms with Gasteiger partial charge in [0.2, 0.25) is 5.95 Å². The van der Waals surface area contributed by atoms with Gasteiger partial charge in [0.15, 0.2) is 0 Å². The highest BCUT2D eigenvalue weighted by molar-refractivity contribution is 5.31. The maximum atomic E-state index is 10.4. The minimum Gasteiger partial charge on any atom is -0.354 e. The fraction of sp³-hybridized carbons (Fsp3) is 0.636. The van der Waals surface area contributed by atoms with E-state index in [2.05, 4.69) is 22.2 Å². The molecule has 0 aromatic carbocycles. The van der Waals surface area contributed by atoms with Crippen LogP contribution in [0.1, 0.15) is 32.6 Å². The summed E-state index contributed by atoms with van der Waals surface area (Å²) >= 11 is 0. The molecule has 1 aromatic heterocycles. The Hall–Kier alpha value is -1.72.